The van der Waals surface area contributed by atoms with Crippen LogP contribution in [0.3, 0.4) is 0 Å². The lowest BCUT2D eigenvalue weighted by molar-refractivity contribution is -0.139. The van der Waals surface area contributed by atoms with E-state index in [1.165, 1.54) is 0 Å². The number of likely N-dealkylation sites (tertiary alicyclic amines) is 1. The molecule has 1 aromatic rings. The quantitative estimate of drug-likeness (QED) is 0.892. The van der Waals surface area contributed by atoms with Crippen molar-refractivity contribution in [1.82, 2.24) is 4.90 Å². The Morgan fingerprint density at radius 3 is 2.78 bits per heavy atom. The molecule has 1 N–H and O–H groups in total. The summed E-state index contributed by atoms with van der Waals surface area (Å²) in [5.41, 5.74) is 1.92. The molecule has 1 aliphatic carbocycles. The molecular formula is C22H29N3O2. The standard InChI is InChI=1S/C22H29N3O2/c23-12-9-17-3-1-4-19(15-17)24-13-2-10-22(16-24)11-14-25(21(22)27)18-5-7-20(26)8-6-18/h1,3-4,15,18,20,26H,2,5-11,13-14,16H2/t18-,20-,22-/m0/s1. The molecule has 2 heterocycles. The van der Waals surface area contributed by atoms with Crippen molar-refractivity contribution in [2.75, 3.05) is 24.5 Å². The Hall–Kier alpha value is -2.06. The Kier molecular flexibility index (Phi) is 5.10. The molecule has 5 heteroatoms. The molecule has 2 saturated heterocycles. The zero-order chi connectivity index (χ0) is 18.9. The molecule has 0 radical (unpaired) electrons. The van der Waals surface area contributed by atoms with Gasteiger partial charge in [-0.15, -0.1) is 0 Å². The lowest BCUT2D eigenvalue weighted by atomic mass is 9.78. The molecule has 1 amide bonds. The fourth-order valence-electron chi connectivity index (χ4n) is 5.25. The van der Waals surface area contributed by atoms with Crippen LogP contribution in [0.5, 0.6) is 0 Å². The molecule has 5 nitrogen and oxygen atoms in total. The molecule has 1 spiro atoms. The van der Waals surface area contributed by atoms with Crippen molar-refractivity contribution in [2.45, 2.75) is 63.5 Å². The number of rotatable bonds is 3. The Balaban J connectivity index is 1.48. The van der Waals surface area contributed by atoms with Gasteiger partial charge in [0, 0.05) is 31.4 Å². The van der Waals surface area contributed by atoms with Crippen molar-refractivity contribution in [1.29, 1.82) is 5.26 Å². The predicted octanol–water partition coefficient (Wildman–Crippen LogP) is 2.88. The number of hydrogen-bond donors (Lipinski definition) is 1. The highest BCUT2D eigenvalue weighted by Crippen LogP contribution is 2.43. The second-order valence-corrected chi connectivity index (χ2v) is 8.52. The number of hydrogen-bond acceptors (Lipinski definition) is 4. The van der Waals surface area contributed by atoms with Gasteiger partial charge in [0.05, 0.1) is 24.0 Å². The van der Waals surface area contributed by atoms with E-state index in [9.17, 15) is 9.90 Å². The number of benzene rings is 1. The number of aliphatic hydroxyl groups excluding tert-OH is 1. The van der Waals surface area contributed by atoms with Gasteiger partial charge in [-0.1, -0.05) is 12.1 Å². The van der Waals surface area contributed by atoms with E-state index in [1.807, 2.05) is 12.1 Å². The van der Waals surface area contributed by atoms with Crippen LogP contribution in [-0.2, 0) is 11.2 Å². The third-order valence-corrected chi connectivity index (χ3v) is 6.79. The van der Waals surface area contributed by atoms with Gasteiger partial charge in [-0.3, -0.25) is 4.79 Å². The average Bonchev–Trinajstić information content (AvgIpc) is 2.99. The zero-order valence-corrected chi connectivity index (χ0v) is 15.9. The lowest BCUT2D eigenvalue weighted by Crippen LogP contribution is -2.50. The summed E-state index contributed by atoms with van der Waals surface area (Å²) in [5.74, 6) is 0.335. The first kappa shape index (κ1) is 18.3. The van der Waals surface area contributed by atoms with Crippen LogP contribution in [0.1, 0.15) is 50.5 Å². The minimum Gasteiger partial charge on any atom is -0.393 e. The summed E-state index contributed by atoms with van der Waals surface area (Å²) in [6, 6.07) is 10.7. The van der Waals surface area contributed by atoms with Crippen LogP contribution < -0.4 is 4.90 Å². The molecule has 0 unspecified atom stereocenters. The highest BCUT2D eigenvalue weighted by Gasteiger charge is 2.50. The topological polar surface area (TPSA) is 67.6 Å². The molecule has 1 aromatic carbocycles. The SMILES string of the molecule is N#CCc1cccc(N2CCC[C@]3(CCN([C@H]4CC[C@H](O)CC4)C3=O)C2)c1. The number of amides is 1. The van der Waals surface area contributed by atoms with Gasteiger partial charge in [0.1, 0.15) is 0 Å². The lowest BCUT2D eigenvalue weighted by Gasteiger charge is -2.41. The van der Waals surface area contributed by atoms with Crippen LogP contribution in [-0.4, -0.2) is 47.7 Å². The molecule has 4 rings (SSSR count). The average molecular weight is 367 g/mol. The molecule has 2 aliphatic heterocycles. The monoisotopic (exact) mass is 367 g/mol. The number of anilines is 1. The minimum atomic E-state index is -0.250. The normalized spacial score (nSPS) is 31.3. The van der Waals surface area contributed by atoms with E-state index in [4.69, 9.17) is 5.26 Å². The summed E-state index contributed by atoms with van der Waals surface area (Å²) in [4.78, 5) is 17.9. The maximum absolute atomic E-state index is 13.4. The van der Waals surface area contributed by atoms with E-state index < -0.39 is 0 Å². The molecule has 3 fully saturated rings. The summed E-state index contributed by atoms with van der Waals surface area (Å²) >= 11 is 0. The van der Waals surface area contributed by atoms with Crippen LogP contribution >= 0.6 is 0 Å². The van der Waals surface area contributed by atoms with Crippen LogP contribution in [0.4, 0.5) is 5.69 Å². The van der Waals surface area contributed by atoms with E-state index in [1.54, 1.807) is 0 Å². The molecular weight excluding hydrogens is 338 g/mol. The molecule has 27 heavy (non-hydrogen) atoms. The van der Waals surface area contributed by atoms with E-state index in [2.05, 4.69) is 28.0 Å². The summed E-state index contributed by atoms with van der Waals surface area (Å²) < 4.78 is 0. The van der Waals surface area contributed by atoms with Gasteiger partial charge < -0.3 is 14.9 Å². The fraction of sp³-hybridized carbons (Fsp3) is 0.636. The largest absolute Gasteiger partial charge is 0.393 e. The number of nitrogens with zero attached hydrogens (tertiary/aromatic N) is 3. The number of nitriles is 1. The zero-order valence-electron chi connectivity index (χ0n) is 15.9. The van der Waals surface area contributed by atoms with Crippen molar-refractivity contribution in [2.24, 2.45) is 5.41 Å². The van der Waals surface area contributed by atoms with Gasteiger partial charge in [-0.05, 0) is 62.6 Å². The summed E-state index contributed by atoms with van der Waals surface area (Å²) in [6.07, 6.45) is 6.70. The first-order valence-electron chi connectivity index (χ1n) is 10.3. The number of aliphatic hydroxyl groups is 1. The molecule has 1 saturated carbocycles. The van der Waals surface area contributed by atoms with Crippen molar-refractivity contribution in [3.63, 3.8) is 0 Å². The van der Waals surface area contributed by atoms with Gasteiger partial charge in [-0.25, -0.2) is 0 Å². The Labute approximate surface area is 161 Å². The second-order valence-electron chi connectivity index (χ2n) is 8.52. The summed E-state index contributed by atoms with van der Waals surface area (Å²) in [6.45, 7) is 2.62. The van der Waals surface area contributed by atoms with Gasteiger partial charge in [-0.2, -0.15) is 5.26 Å². The van der Waals surface area contributed by atoms with Gasteiger partial charge in [0.2, 0.25) is 5.91 Å². The van der Waals surface area contributed by atoms with Crippen LogP contribution in [0.2, 0.25) is 0 Å². The van der Waals surface area contributed by atoms with E-state index >= 15 is 0 Å². The van der Waals surface area contributed by atoms with Gasteiger partial charge in [0.15, 0.2) is 0 Å². The molecule has 0 bridgehead atoms. The first-order chi connectivity index (χ1) is 13.1. The first-order valence-corrected chi connectivity index (χ1v) is 10.3. The van der Waals surface area contributed by atoms with E-state index in [-0.39, 0.29) is 11.5 Å². The maximum Gasteiger partial charge on any atom is 0.230 e. The van der Waals surface area contributed by atoms with Crippen molar-refractivity contribution in [3.05, 3.63) is 29.8 Å². The Bertz CT molecular complexity index is 735. The summed E-state index contributed by atoms with van der Waals surface area (Å²) in [5, 5.41) is 18.7. The smallest absolute Gasteiger partial charge is 0.230 e. The fourth-order valence-corrected chi connectivity index (χ4v) is 5.25. The minimum absolute atomic E-state index is 0.182. The van der Waals surface area contributed by atoms with Crippen LogP contribution in [0.25, 0.3) is 0 Å². The highest BCUT2D eigenvalue weighted by molar-refractivity contribution is 5.86. The van der Waals surface area contributed by atoms with Crippen molar-refractivity contribution >= 4 is 11.6 Å². The van der Waals surface area contributed by atoms with Crippen molar-refractivity contribution < 1.29 is 9.90 Å². The predicted molar refractivity (Wildman–Crippen MR) is 104 cm³/mol. The van der Waals surface area contributed by atoms with Crippen LogP contribution in [0.15, 0.2) is 24.3 Å². The van der Waals surface area contributed by atoms with E-state index in [0.29, 0.717) is 18.4 Å². The van der Waals surface area contributed by atoms with E-state index in [0.717, 1.165) is 75.8 Å². The van der Waals surface area contributed by atoms with Gasteiger partial charge >= 0.3 is 0 Å². The maximum atomic E-state index is 13.4. The van der Waals surface area contributed by atoms with Crippen molar-refractivity contribution in [3.8, 4) is 6.07 Å². The second kappa shape index (κ2) is 7.52. The highest BCUT2D eigenvalue weighted by atomic mass is 16.3. The Morgan fingerprint density at radius 1 is 1.19 bits per heavy atom. The molecule has 1 atom stereocenters. The third kappa shape index (κ3) is 3.55. The molecule has 3 aliphatic rings. The molecule has 0 aromatic heterocycles. The third-order valence-electron chi connectivity index (χ3n) is 6.79. The number of carbonyl (C=O) groups excluding carboxylic acids is 1. The summed E-state index contributed by atoms with van der Waals surface area (Å²) in [7, 11) is 0. The molecule has 144 valence electrons. The number of piperidine rings is 1. The van der Waals surface area contributed by atoms with Crippen LogP contribution in [0, 0.1) is 16.7 Å². The Morgan fingerprint density at radius 2 is 2.00 bits per heavy atom. The number of carbonyl (C=O) groups is 1. The van der Waals surface area contributed by atoms with Gasteiger partial charge in [0.25, 0.3) is 0 Å².